The Balaban J connectivity index is 1.82. The molecule has 0 aliphatic heterocycles. The molecule has 0 bridgehead atoms. The van der Waals surface area contributed by atoms with Crippen molar-refractivity contribution in [1.82, 2.24) is 9.55 Å². The highest BCUT2D eigenvalue weighted by molar-refractivity contribution is 7.99. The van der Waals surface area contributed by atoms with Crippen molar-refractivity contribution in [3.63, 3.8) is 0 Å². The Hall–Kier alpha value is -1.05. The first-order valence-electron chi connectivity index (χ1n) is 8.51. The third-order valence-electron chi connectivity index (χ3n) is 3.71. The third-order valence-corrected chi connectivity index (χ3v) is 4.87. The van der Waals surface area contributed by atoms with Gasteiger partial charge < -0.3 is 5.11 Å². The van der Waals surface area contributed by atoms with Crippen LogP contribution in [-0.4, -0.2) is 32.3 Å². The van der Waals surface area contributed by atoms with Gasteiger partial charge in [0.05, 0.1) is 6.20 Å². The fourth-order valence-electron chi connectivity index (χ4n) is 2.43. The van der Waals surface area contributed by atoms with Crippen molar-refractivity contribution in [1.29, 1.82) is 0 Å². The molecule has 0 radical (unpaired) electrons. The van der Waals surface area contributed by atoms with Gasteiger partial charge >= 0.3 is 11.9 Å². The van der Waals surface area contributed by atoms with Gasteiger partial charge in [0.15, 0.2) is 0 Å². The number of aromatic hydroxyl groups is 1. The molecule has 0 amide bonds. The number of halogens is 3. The number of aromatic nitrogens is 2. The Bertz CT molecular complexity index is 500. The number of imidazole rings is 1. The summed E-state index contributed by atoms with van der Waals surface area (Å²) >= 11 is 1.61. The molecule has 0 aliphatic rings. The van der Waals surface area contributed by atoms with Gasteiger partial charge in [-0.25, -0.2) is 4.79 Å². The van der Waals surface area contributed by atoms with Gasteiger partial charge in [-0.3, -0.25) is 9.55 Å². The summed E-state index contributed by atoms with van der Waals surface area (Å²) < 4.78 is 37.3. The zero-order valence-corrected chi connectivity index (χ0v) is 14.7. The van der Waals surface area contributed by atoms with Gasteiger partial charge in [0.25, 0.3) is 0 Å². The van der Waals surface area contributed by atoms with E-state index in [0.29, 0.717) is 12.3 Å². The molecule has 1 aromatic rings. The molecule has 140 valence electrons. The number of rotatable bonds is 13. The van der Waals surface area contributed by atoms with Crippen LogP contribution in [-0.2, 0) is 6.54 Å². The maximum absolute atomic E-state index is 11.9. The van der Waals surface area contributed by atoms with E-state index in [1.165, 1.54) is 10.8 Å². The number of hydrogen-bond donors (Lipinski definition) is 2. The summed E-state index contributed by atoms with van der Waals surface area (Å²) in [6, 6.07) is 0. The molecule has 0 saturated heterocycles. The average Bonchev–Trinajstić information content (AvgIpc) is 2.80. The number of alkyl halides is 3. The number of H-pyrrole nitrogens is 1. The van der Waals surface area contributed by atoms with E-state index in [2.05, 4.69) is 4.98 Å². The molecule has 24 heavy (non-hydrogen) atoms. The highest BCUT2D eigenvalue weighted by Crippen LogP contribution is 2.22. The molecule has 0 fully saturated rings. The van der Waals surface area contributed by atoms with Gasteiger partial charge in [0.1, 0.15) is 0 Å². The van der Waals surface area contributed by atoms with Crippen LogP contribution >= 0.6 is 11.8 Å². The Morgan fingerprint density at radius 1 is 1.00 bits per heavy atom. The number of hydrogen-bond acceptors (Lipinski definition) is 3. The van der Waals surface area contributed by atoms with E-state index in [1.807, 2.05) is 0 Å². The average molecular weight is 368 g/mol. The van der Waals surface area contributed by atoms with Crippen LogP contribution < -0.4 is 5.69 Å². The smallest absolute Gasteiger partial charge is 0.389 e. The summed E-state index contributed by atoms with van der Waals surface area (Å²) in [5, 5.41) is 9.13. The van der Waals surface area contributed by atoms with Crippen LogP contribution in [0.3, 0.4) is 0 Å². The second-order valence-electron chi connectivity index (χ2n) is 5.94. The minimum atomic E-state index is -4.02. The van der Waals surface area contributed by atoms with E-state index in [0.717, 1.165) is 50.7 Å². The lowest BCUT2D eigenvalue weighted by atomic mass is 10.1. The van der Waals surface area contributed by atoms with Crippen LogP contribution in [0.25, 0.3) is 0 Å². The third kappa shape index (κ3) is 10.7. The molecule has 8 heteroatoms. The van der Waals surface area contributed by atoms with Gasteiger partial charge in [-0.15, -0.1) is 0 Å². The van der Waals surface area contributed by atoms with Gasteiger partial charge in [-0.05, 0) is 30.8 Å². The highest BCUT2D eigenvalue weighted by Gasteiger charge is 2.25. The van der Waals surface area contributed by atoms with E-state index < -0.39 is 12.6 Å². The standard InChI is InChI=1S/C16H27F3N2O2S/c17-16(18,19)9-8-12-24-11-7-5-3-1-2-4-6-10-21-13-14(22)20-15(21)23/h13,22H,1-12H2,(H,20,23). The molecule has 1 heterocycles. The highest BCUT2D eigenvalue weighted by atomic mass is 32.2. The largest absolute Gasteiger partial charge is 0.493 e. The second kappa shape index (κ2) is 11.5. The minimum Gasteiger partial charge on any atom is -0.493 e. The molecule has 0 aromatic carbocycles. The van der Waals surface area contributed by atoms with Crippen molar-refractivity contribution in [3.8, 4) is 5.88 Å². The van der Waals surface area contributed by atoms with Crippen molar-refractivity contribution in [2.75, 3.05) is 11.5 Å². The Kier molecular flexibility index (Phi) is 10.1. The van der Waals surface area contributed by atoms with E-state index >= 15 is 0 Å². The molecule has 1 aromatic heterocycles. The Labute approximate surface area is 144 Å². The van der Waals surface area contributed by atoms with Gasteiger partial charge in [-0.2, -0.15) is 24.9 Å². The fourth-order valence-corrected chi connectivity index (χ4v) is 3.39. The summed E-state index contributed by atoms with van der Waals surface area (Å²) in [7, 11) is 0. The molecule has 0 spiro atoms. The molecule has 0 atom stereocenters. The molecule has 2 N–H and O–H groups in total. The van der Waals surface area contributed by atoms with Crippen molar-refractivity contribution in [2.24, 2.45) is 0 Å². The molecule has 0 unspecified atom stereocenters. The molecule has 0 saturated carbocycles. The lowest BCUT2D eigenvalue weighted by molar-refractivity contribution is -0.134. The number of aryl methyl sites for hydroxylation is 1. The first kappa shape index (κ1) is 21.0. The first-order chi connectivity index (χ1) is 11.4. The lowest BCUT2D eigenvalue weighted by Gasteiger charge is -2.05. The van der Waals surface area contributed by atoms with Crippen LogP contribution in [0.1, 0.15) is 57.8 Å². The van der Waals surface area contributed by atoms with Crippen LogP contribution in [0.15, 0.2) is 11.0 Å². The van der Waals surface area contributed by atoms with E-state index in [4.69, 9.17) is 5.11 Å². The SMILES string of the molecule is O=c1[nH]c(O)cn1CCCCCCCCCSCCCC(F)(F)F. The summed E-state index contributed by atoms with van der Waals surface area (Å²) in [6.07, 6.45) is 4.49. The zero-order chi connectivity index (χ0) is 17.8. The van der Waals surface area contributed by atoms with Crippen LogP contribution in [0.2, 0.25) is 0 Å². The van der Waals surface area contributed by atoms with Crippen molar-refractivity contribution < 1.29 is 18.3 Å². The van der Waals surface area contributed by atoms with Crippen LogP contribution in [0.4, 0.5) is 13.2 Å². The number of unbranched alkanes of at least 4 members (excludes halogenated alkanes) is 6. The number of aromatic amines is 1. The van der Waals surface area contributed by atoms with Crippen LogP contribution in [0, 0.1) is 0 Å². The fraction of sp³-hybridized carbons (Fsp3) is 0.812. The Morgan fingerprint density at radius 2 is 1.58 bits per heavy atom. The van der Waals surface area contributed by atoms with E-state index in [-0.39, 0.29) is 18.0 Å². The van der Waals surface area contributed by atoms with Gasteiger partial charge in [-0.1, -0.05) is 32.1 Å². The lowest BCUT2D eigenvalue weighted by Crippen LogP contribution is -2.15. The number of nitrogens with one attached hydrogen (secondary N) is 1. The quantitative estimate of drug-likeness (QED) is 0.497. The van der Waals surface area contributed by atoms with E-state index in [9.17, 15) is 18.0 Å². The number of thioether (sulfide) groups is 1. The summed E-state index contributed by atoms with van der Waals surface area (Å²) in [6.45, 7) is 0.616. The second-order valence-corrected chi connectivity index (χ2v) is 7.17. The van der Waals surface area contributed by atoms with Gasteiger partial charge in [0, 0.05) is 13.0 Å². The molecular formula is C16H27F3N2O2S. The molecule has 1 rings (SSSR count). The maximum Gasteiger partial charge on any atom is 0.389 e. The summed E-state index contributed by atoms with van der Waals surface area (Å²) in [5.41, 5.74) is -0.278. The van der Waals surface area contributed by atoms with E-state index in [1.54, 1.807) is 11.8 Å². The summed E-state index contributed by atoms with van der Waals surface area (Å²) in [4.78, 5) is 13.6. The van der Waals surface area contributed by atoms with Crippen molar-refractivity contribution in [2.45, 2.75) is 70.5 Å². The van der Waals surface area contributed by atoms with Crippen LogP contribution in [0.5, 0.6) is 5.88 Å². The number of nitrogens with zero attached hydrogens (tertiary/aromatic N) is 1. The normalized spacial score (nSPS) is 12.0. The maximum atomic E-state index is 11.9. The zero-order valence-electron chi connectivity index (χ0n) is 13.9. The predicted octanol–water partition coefficient (Wildman–Crippen LogP) is 4.69. The molecule has 0 aliphatic carbocycles. The monoisotopic (exact) mass is 368 g/mol. The van der Waals surface area contributed by atoms with Gasteiger partial charge in [0.2, 0.25) is 5.88 Å². The van der Waals surface area contributed by atoms with Crippen molar-refractivity contribution >= 4 is 11.8 Å². The summed E-state index contributed by atoms with van der Waals surface area (Å²) in [5.74, 6) is 1.43. The van der Waals surface area contributed by atoms with Crippen molar-refractivity contribution in [3.05, 3.63) is 16.7 Å². The first-order valence-corrected chi connectivity index (χ1v) is 9.67. The molecular weight excluding hydrogens is 341 g/mol. The molecule has 4 nitrogen and oxygen atoms in total. The minimum absolute atomic E-state index is 0.101. The predicted molar refractivity (Wildman–Crippen MR) is 91.7 cm³/mol. The topological polar surface area (TPSA) is 58.0 Å². The Morgan fingerprint density at radius 3 is 2.17 bits per heavy atom.